The van der Waals surface area contributed by atoms with Crippen LogP contribution in [0.1, 0.15) is 232 Å². The minimum Gasteiger partial charge on any atom is -0.480 e. The lowest BCUT2D eigenvalue weighted by molar-refractivity contribution is -0.161. The monoisotopic (exact) mass is 924 g/mol. The quantitative estimate of drug-likeness (QED) is 0.0229. The van der Waals surface area contributed by atoms with E-state index in [0.717, 1.165) is 70.6 Å². The third-order valence-corrected chi connectivity index (χ3v) is 12.0. The van der Waals surface area contributed by atoms with E-state index in [1.54, 1.807) is 0 Å². The van der Waals surface area contributed by atoms with Crippen LogP contribution in [0.5, 0.6) is 0 Å². The summed E-state index contributed by atoms with van der Waals surface area (Å²) in [5.41, 5.74) is 5.35. The first-order valence-electron chi connectivity index (χ1n) is 25.7. The maximum absolute atomic E-state index is 12.7. The molecule has 0 radical (unpaired) electrons. The first-order chi connectivity index (χ1) is 31.1. The molecule has 0 fully saturated rings. The van der Waals surface area contributed by atoms with Crippen molar-refractivity contribution in [2.24, 2.45) is 5.73 Å². The van der Waals surface area contributed by atoms with E-state index >= 15 is 0 Å². The van der Waals surface area contributed by atoms with Gasteiger partial charge in [0.1, 0.15) is 12.6 Å². The topological polar surface area (TPSA) is 172 Å². The second-order valence-corrected chi connectivity index (χ2v) is 18.7. The molecule has 0 rings (SSSR count). The van der Waals surface area contributed by atoms with E-state index in [1.165, 1.54) is 122 Å². The number of ether oxygens (including phenoxy) is 2. The van der Waals surface area contributed by atoms with E-state index in [4.69, 9.17) is 24.8 Å². The maximum atomic E-state index is 12.7. The smallest absolute Gasteiger partial charge is 0.472 e. The van der Waals surface area contributed by atoms with E-state index in [1.807, 2.05) is 0 Å². The van der Waals surface area contributed by atoms with Crippen LogP contribution in [0.3, 0.4) is 0 Å². The van der Waals surface area contributed by atoms with Gasteiger partial charge in [-0.2, -0.15) is 0 Å². The number of carboxylic acid groups (broad SMARTS) is 1. The number of carbonyl (C=O) groups is 3. The third kappa shape index (κ3) is 46.0. The molecule has 4 N–H and O–H groups in total. The Morgan fingerprint density at radius 2 is 0.875 bits per heavy atom. The first-order valence-corrected chi connectivity index (χ1v) is 27.2. The van der Waals surface area contributed by atoms with Crippen LogP contribution in [-0.2, 0) is 37.5 Å². The van der Waals surface area contributed by atoms with Crippen LogP contribution in [0.2, 0.25) is 0 Å². The van der Waals surface area contributed by atoms with Crippen LogP contribution >= 0.6 is 7.82 Å². The molecule has 0 aliphatic carbocycles. The highest BCUT2D eigenvalue weighted by Crippen LogP contribution is 2.43. The largest absolute Gasteiger partial charge is 0.480 e. The minimum atomic E-state index is -4.72. The number of allylic oxidation sites excluding steroid dienone is 8. The van der Waals surface area contributed by atoms with Gasteiger partial charge in [-0.3, -0.25) is 23.4 Å². The van der Waals surface area contributed by atoms with E-state index in [9.17, 15) is 23.8 Å². The molecule has 3 atom stereocenters. The van der Waals surface area contributed by atoms with Crippen LogP contribution in [-0.4, -0.2) is 59.9 Å². The van der Waals surface area contributed by atoms with Gasteiger partial charge in [0, 0.05) is 12.8 Å². The molecule has 0 aromatic rings. The van der Waals surface area contributed by atoms with Crippen LogP contribution in [0.15, 0.2) is 48.6 Å². The fraction of sp³-hybridized carbons (Fsp3) is 0.788. The average molecular weight is 924 g/mol. The molecule has 12 heteroatoms. The summed E-state index contributed by atoms with van der Waals surface area (Å²) < 4.78 is 32.9. The van der Waals surface area contributed by atoms with Gasteiger partial charge in [0.2, 0.25) is 0 Å². The summed E-state index contributed by atoms with van der Waals surface area (Å²) in [5.74, 6) is -2.37. The molecule has 0 saturated carbocycles. The summed E-state index contributed by atoms with van der Waals surface area (Å²) >= 11 is 0. The number of carbonyl (C=O) groups excluding carboxylic acids is 2. The first kappa shape index (κ1) is 61.4. The molecule has 0 amide bonds. The second kappa shape index (κ2) is 47.0. The normalized spacial score (nSPS) is 13.9. The van der Waals surface area contributed by atoms with Crippen LogP contribution in [0, 0.1) is 0 Å². The van der Waals surface area contributed by atoms with E-state index in [2.05, 4.69) is 67.0 Å². The molecule has 0 aliphatic heterocycles. The molecular weight excluding hydrogens is 830 g/mol. The summed E-state index contributed by atoms with van der Waals surface area (Å²) in [5, 5.41) is 8.92. The Hall–Kier alpha value is -2.56. The Labute approximate surface area is 390 Å². The van der Waals surface area contributed by atoms with Crippen molar-refractivity contribution < 1.29 is 47.5 Å². The number of hydrogen-bond donors (Lipinski definition) is 3. The zero-order chi connectivity index (χ0) is 47.0. The second-order valence-electron chi connectivity index (χ2n) is 17.3. The van der Waals surface area contributed by atoms with Crippen molar-refractivity contribution in [3.8, 4) is 0 Å². The molecule has 0 saturated heterocycles. The molecule has 11 nitrogen and oxygen atoms in total. The van der Waals surface area contributed by atoms with E-state index in [-0.39, 0.29) is 19.4 Å². The third-order valence-electron chi connectivity index (χ3n) is 11.1. The van der Waals surface area contributed by atoms with Crippen molar-refractivity contribution in [3.05, 3.63) is 48.6 Å². The molecule has 0 aromatic carbocycles. The fourth-order valence-electron chi connectivity index (χ4n) is 7.12. The van der Waals surface area contributed by atoms with Crippen molar-refractivity contribution in [3.63, 3.8) is 0 Å². The summed E-state index contributed by atoms with van der Waals surface area (Å²) in [6, 6.07) is -1.52. The van der Waals surface area contributed by atoms with E-state index in [0.29, 0.717) is 12.8 Å². The highest BCUT2D eigenvalue weighted by molar-refractivity contribution is 7.47. The maximum Gasteiger partial charge on any atom is 0.472 e. The van der Waals surface area contributed by atoms with Gasteiger partial charge < -0.3 is 25.2 Å². The van der Waals surface area contributed by atoms with Crippen molar-refractivity contribution in [1.82, 2.24) is 0 Å². The Balaban J connectivity index is 4.23. The van der Waals surface area contributed by atoms with Gasteiger partial charge in [-0.25, -0.2) is 4.57 Å². The Morgan fingerprint density at radius 3 is 1.31 bits per heavy atom. The van der Waals surface area contributed by atoms with Gasteiger partial charge in [-0.05, 0) is 51.4 Å². The number of phosphoric acid groups is 1. The Bertz CT molecular complexity index is 1270. The lowest BCUT2D eigenvalue weighted by Gasteiger charge is -2.20. The van der Waals surface area contributed by atoms with E-state index < -0.39 is 51.1 Å². The predicted molar refractivity (Wildman–Crippen MR) is 263 cm³/mol. The molecule has 372 valence electrons. The standard InChI is InChI=1S/C52H94NO10P/c1-3-5-7-9-11-13-15-17-19-21-22-23-24-25-26-28-30-32-34-36-38-40-42-44-51(55)63-48(46-61-64(58,59)62-47-49(53)52(56)57)45-60-50(54)43-41-39-37-35-33-31-29-27-20-18-16-14-12-10-8-6-4-2/h5,7,11,13,17,19,22-23,48-49H,3-4,6,8-10,12,14-16,18,20-21,24-47,53H2,1-2H3,(H,56,57)(H,58,59)/b7-5-,13-11-,19-17-,23-22-. The molecule has 0 spiro atoms. The summed E-state index contributed by atoms with van der Waals surface area (Å²) in [4.78, 5) is 46.2. The predicted octanol–water partition coefficient (Wildman–Crippen LogP) is 14.5. The number of esters is 2. The number of carboxylic acids is 1. The van der Waals surface area contributed by atoms with Gasteiger partial charge in [-0.15, -0.1) is 0 Å². The van der Waals surface area contributed by atoms with Gasteiger partial charge in [-0.1, -0.05) is 217 Å². The summed E-state index contributed by atoms with van der Waals surface area (Å²) in [7, 11) is -4.72. The molecule has 0 heterocycles. The van der Waals surface area contributed by atoms with Gasteiger partial charge >= 0.3 is 25.7 Å². The number of unbranched alkanes of at least 4 members (excludes halogenated alkanes) is 26. The Morgan fingerprint density at radius 1 is 0.500 bits per heavy atom. The SMILES string of the molecule is CC/C=C\C/C=C\C/C=C\C/C=C\CCCCCCCCCCCCC(=O)OC(COC(=O)CCCCCCCCCCCCCCCCCCC)COP(=O)(O)OCC(N)C(=O)O. The summed E-state index contributed by atoms with van der Waals surface area (Å²) in [6.07, 6.45) is 54.5. The van der Waals surface area contributed by atoms with Crippen molar-refractivity contribution in [2.45, 2.75) is 244 Å². The zero-order valence-corrected chi connectivity index (χ0v) is 41.5. The number of aliphatic carboxylic acids is 1. The van der Waals surface area contributed by atoms with Crippen molar-refractivity contribution in [2.75, 3.05) is 19.8 Å². The molecule has 3 unspecified atom stereocenters. The number of hydrogen-bond acceptors (Lipinski definition) is 9. The Kier molecular flexibility index (Phi) is 45.1. The highest BCUT2D eigenvalue weighted by atomic mass is 31.2. The van der Waals surface area contributed by atoms with Crippen LogP contribution < -0.4 is 5.73 Å². The van der Waals surface area contributed by atoms with Crippen LogP contribution in [0.25, 0.3) is 0 Å². The molecule has 0 aromatic heterocycles. The lowest BCUT2D eigenvalue weighted by atomic mass is 10.0. The van der Waals surface area contributed by atoms with Gasteiger partial charge in [0.15, 0.2) is 6.10 Å². The average Bonchev–Trinajstić information content (AvgIpc) is 3.27. The number of nitrogens with two attached hydrogens (primary N) is 1. The van der Waals surface area contributed by atoms with Crippen LogP contribution in [0.4, 0.5) is 0 Å². The van der Waals surface area contributed by atoms with Crippen molar-refractivity contribution >= 4 is 25.7 Å². The van der Waals surface area contributed by atoms with Crippen molar-refractivity contribution in [1.29, 1.82) is 0 Å². The molecular formula is C52H94NO10P. The molecule has 0 aliphatic rings. The molecule has 0 bridgehead atoms. The van der Waals surface area contributed by atoms with Gasteiger partial charge in [0.25, 0.3) is 0 Å². The number of rotatable bonds is 48. The fourth-order valence-corrected chi connectivity index (χ4v) is 7.90. The highest BCUT2D eigenvalue weighted by Gasteiger charge is 2.28. The lowest BCUT2D eigenvalue weighted by Crippen LogP contribution is -2.34. The minimum absolute atomic E-state index is 0.156. The van der Waals surface area contributed by atoms with Gasteiger partial charge in [0.05, 0.1) is 13.2 Å². The number of phosphoric ester groups is 1. The molecule has 64 heavy (non-hydrogen) atoms. The zero-order valence-electron chi connectivity index (χ0n) is 40.6. The summed E-state index contributed by atoms with van der Waals surface area (Å²) in [6.45, 7) is 2.72.